The lowest BCUT2D eigenvalue weighted by molar-refractivity contribution is 0.0766. The van der Waals surface area contributed by atoms with E-state index >= 15 is 0 Å². The Hall–Kier alpha value is -0.610. The van der Waals surface area contributed by atoms with E-state index in [9.17, 15) is 4.79 Å². The summed E-state index contributed by atoms with van der Waals surface area (Å²) in [7, 11) is 0. The van der Waals surface area contributed by atoms with Crippen molar-refractivity contribution in [1.29, 1.82) is 0 Å². The highest BCUT2D eigenvalue weighted by atomic mass is 79.9. The number of hydrogen-bond donors (Lipinski definition) is 0. The van der Waals surface area contributed by atoms with Crippen LogP contribution in [0.25, 0.3) is 0 Å². The molecule has 1 aromatic carbocycles. The molecule has 4 heteroatoms. The van der Waals surface area contributed by atoms with Crippen LogP contribution in [0.5, 0.6) is 0 Å². The van der Waals surface area contributed by atoms with Gasteiger partial charge >= 0.3 is 0 Å². The van der Waals surface area contributed by atoms with E-state index in [1.807, 2.05) is 23.1 Å². The fourth-order valence-corrected chi connectivity index (χ4v) is 3.24. The first-order chi connectivity index (χ1) is 8.06. The van der Waals surface area contributed by atoms with E-state index in [-0.39, 0.29) is 5.91 Å². The first-order valence-electron chi connectivity index (χ1n) is 5.47. The van der Waals surface area contributed by atoms with Crippen LogP contribution in [0.3, 0.4) is 0 Å². The Morgan fingerprint density at radius 3 is 2.47 bits per heavy atom. The molecule has 17 heavy (non-hydrogen) atoms. The van der Waals surface area contributed by atoms with Gasteiger partial charge in [-0.2, -0.15) is 0 Å². The van der Waals surface area contributed by atoms with E-state index in [4.69, 9.17) is 0 Å². The zero-order chi connectivity index (χ0) is 12.4. The maximum Gasteiger partial charge on any atom is 0.254 e. The van der Waals surface area contributed by atoms with Crippen LogP contribution < -0.4 is 0 Å². The smallest absolute Gasteiger partial charge is 0.254 e. The molecule has 0 saturated carbocycles. The molecule has 2 nitrogen and oxygen atoms in total. The van der Waals surface area contributed by atoms with Crippen molar-refractivity contribution in [3.8, 4) is 0 Å². The van der Waals surface area contributed by atoms with Crippen LogP contribution in [0.15, 0.2) is 38.8 Å². The first-order valence-corrected chi connectivity index (χ1v) is 7.06. The molecular weight excluding hydrogens is 346 g/mol. The van der Waals surface area contributed by atoms with E-state index in [0.717, 1.165) is 34.0 Å². The minimum absolute atomic E-state index is 0.0967. The first kappa shape index (κ1) is 12.8. The molecule has 1 aliphatic rings. The number of nitrogens with zero attached hydrogens (tertiary/aromatic N) is 1. The van der Waals surface area contributed by atoms with E-state index in [2.05, 4.69) is 44.9 Å². The van der Waals surface area contributed by atoms with E-state index in [1.165, 1.54) is 5.57 Å². The highest BCUT2D eigenvalue weighted by molar-refractivity contribution is 9.11. The summed E-state index contributed by atoms with van der Waals surface area (Å²) in [6.45, 7) is 3.61. The lowest BCUT2D eigenvalue weighted by Gasteiger charge is -2.26. The van der Waals surface area contributed by atoms with E-state index in [1.54, 1.807) is 0 Å². The molecule has 0 aromatic heterocycles. The van der Waals surface area contributed by atoms with Crippen molar-refractivity contribution in [2.75, 3.05) is 13.1 Å². The van der Waals surface area contributed by atoms with Gasteiger partial charge in [0.1, 0.15) is 0 Å². The van der Waals surface area contributed by atoms with Gasteiger partial charge in [0.25, 0.3) is 5.91 Å². The Morgan fingerprint density at radius 1 is 1.24 bits per heavy atom. The molecule has 0 aliphatic carbocycles. The van der Waals surface area contributed by atoms with Crippen LogP contribution in [0.4, 0.5) is 0 Å². The molecule has 0 saturated heterocycles. The molecule has 1 heterocycles. The van der Waals surface area contributed by atoms with Gasteiger partial charge < -0.3 is 4.90 Å². The molecule has 1 amide bonds. The third-order valence-electron chi connectivity index (χ3n) is 2.73. The number of hydrogen-bond acceptors (Lipinski definition) is 1. The van der Waals surface area contributed by atoms with Gasteiger partial charge in [0.15, 0.2) is 0 Å². The third-order valence-corrected chi connectivity index (χ3v) is 3.64. The van der Waals surface area contributed by atoms with Gasteiger partial charge in [0, 0.05) is 27.6 Å². The number of benzene rings is 1. The monoisotopic (exact) mass is 357 g/mol. The summed E-state index contributed by atoms with van der Waals surface area (Å²) in [5, 5.41) is 0. The summed E-state index contributed by atoms with van der Waals surface area (Å²) in [6.07, 6.45) is 3.15. The highest BCUT2D eigenvalue weighted by Crippen LogP contribution is 2.22. The van der Waals surface area contributed by atoms with Crippen LogP contribution in [0.2, 0.25) is 0 Å². The Labute approximate surface area is 118 Å². The minimum Gasteiger partial charge on any atom is -0.334 e. The van der Waals surface area contributed by atoms with Gasteiger partial charge in [-0.25, -0.2) is 0 Å². The molecule has 90 valence electrons. The molecule has 0 bridgehead atoms. The fraction of sp³-hybridized carbons (Fsp3) is 0.308. The molecule has 1 aliphatic heterocycles. The Kier molecular flexibility index (Phi) is 4.05. The zero-order valence-corrected chi connectivity index (χ0v) is 12.7. The lowest BCUT2D eigenvalue weighted by atomic mass is 10.1. The predicted octanol–water partition coefficient (Wildman–Crippen LogP) is 4.00. The second-order valence-electron chi connectivity index (χ2n) is 4.22. The van der Waals surface area contributed by atoms with Gasteiger partial charge in [0.05, 0.1) is 0 Å². The van der Waals surface area contributed by atoms with Crippen molar-refractivity contribution in [2.24, 2.45) is 0 Å². The number of amides is 1. The van der Waals surface area contributed by atoms with Crippen molar-refractivity contribution >= 4 is 37.8 Å². The molecular formula is C13H13Br2NO. The fourth-order valence-electron chi connectivity index (χ4n) is 1.94. The van der Waals surface area contributed by atoms with Crippen molar-refractivity contribution in [3.05, 3.63) is 44.4 Å². The second-order valence-corrected chi connectivity index (χ2v) is 6.06. The quantitative estimate of drug-likeness (QED) is 0.694. The van der Waals surface area contributed by atoms with Gasteiger partial charge in [-0.15, -0.1) is 0 Å². The van der Waals surface area contributed by atoms with Crippen LogP contribution in [0, 0.1) is 0 Å². The van der Waals surface area contributed by atoms with Crippen LogP contribution in [-0.4, -0.2) is 23.9 Å². The minimum atomic E-state index is 0.0967. The average molecular weight is 359 g/mol. The summed E-state index contributed by atoms with van der Waals surface area (Å²) in [6, 6.07) is 5.65. The highest BCUT2D eigenvalue weighted by Gasteiger charge is 2.18. The summed E-state index contributed by atoms with van der Waals surface area (Å²) >= 11 is 6.81. The lowest BCUT2D eigenvalue weighted by Crippen LogP contribution is -2.35. The number of carbonyl (C=O) groups is 1. The van der Waals surface area contributed by atoms with Crippen molar-refractivity contribution in [1.82, 2.24) is 4.90 Å². The largest absolute Gasteiger partial charge is 0.334 e. The average Bonchev–Trinajstić information content (AvgIpc) is 2.26. The summed E-state index contributed by atoms with van der Waals surface area (Å²) in [4.78, 5) is 14.2. The van der Waals surface area contributed by atoms with Crippen molar-refractivity contribution < 1.29 is 4.79 Å². The van der Waals surface area contributed by atoms with Gasteiger partial charge in [-0.3, -0.25) is 4.79 Å². The molecule has 0 spiro atoms. The molecule has 0 atom stereocenters. The van der Waals surface area contributed by atoms with Gasteiger partial charge in [-0.05, 0) is 31.5 Å². The second kappa shape index (κ2) is 5.36. The molecule has 1 aromatic rings. The SMILES string of the molecule is CC1=CCCN(C(=O)c2cc(Br)cc(Br)c2)C1. The standard InChI is InChI=1S/C13H13Br2NO/c1-9-3-2-4-16(8-9)13(17)10-5-11(14)7-12(15)6-10/h3,5-7H,2,4,8H2,1H3. The van der Waals surface area contributed by atoms with Crippen molar-refractivity contribution in [2.45, 2.75) is 13.3 Å². The Bertz CT molecular complexity index is 462. The van der Waals surface area contributed by atoms with Crippen LogP contribution >= 0.6 is 31.9 Å². The number of rotatable bonds is 1. The van der Waals surface area contributed by atoms with E-state index < -0.39 is 0 Å². The normalized spacial score (nSPS) is 15.7. The number of halogens is 2. The zero-order valence-electron chi connectivity index (χ0n) is 9.54. The molecule has 2 rings (SSSR count). The summed E-state index contributed by atoms with van der Waals surface area (Å²) in [5.74, 6) is 0.0967. The maximum absolute atomic E-state index is 12.3. The van der Waals surface area contributed by atoms with Crippen LogP contribution in [-0.2, 0) is 0 Å². The molecule has 0 radical (unpaired) electrons. The maximum atomic E-state index is 12.3. The molecule has 0 N–H and O–H groups in total. The van der Waals surface area contributed by atoms with E-state index in [0.29, 0.717) is 0 Å². The molecule has 0 unspecified atom stereocenters. The topological polar surface area (TPSA) is 20.3 Å². The predicted molar refractivity (Wildman–Crippen MR) is 76.1 cm³/mol. The Morgan fingerprint density at radius 2 is 1.88 bits per heavy atom. The summed E-state index contributed by atoms with van der Waals surface area (Å²) < 4.78 is 1.83. The molecule has 0 fully saturated rings. The number of carbonyl (C=O) groups excluding carboxylic acids is 1. The third kappa shape index (κ3) is 3.19. The summed E-state index contributed by atoms with van der Waals surface area (Å²) in [5.41, 5.74) is 1.99. The van der Waals surface area contributed by atoms with Crippen molar-refractivity contribution in [3.63, 3.8) is 0 Å². The van der Waals surface area contributed by atoms with Gasteiger partial charge in [-0.1, -0.05) is 43.5 Å². The van der Waals surface area contributed by atoms with Gasteiger partial charge in [0.2, 0.25) is 0 Å². The Balaban J connectivity index is 2.22. The van der Waals surface area contributed by atoms with Crippen LogP contribution in [0.1, 0.15) is 23.7 Å².